The van der Waals surface area contributed by atoms with Gasteiger partial charge < -0.3 is 10.1 Å². The topological polar surface area (TPSA) is 21.3 Å². The summed E-state index contributed by atoms with van der Waals surface area (Å²) >= 11 is 0. The fourth-order valence-electron chi connectivity index (χ4n) is 3.10. The highest BCUT2D eigenvalue weighted by molar-refractivity contribution is 5.29. The van der Waals surface area contributed by atoms with E-state index in [0.29, 0.717) is 6.61 Å². The lowest BCUT2D eigenvalue weighted by atomic mass is 9.97. The Morgan fingerprint density at radius 2 is 1.79 bits per heavy atom. The van der Waals surface area contributed by atoms with Crippen LogP contribution in [0, 0.1) is 0 Å². The molecular weight excluding hydrogens is 294 g/mol. The number of allylic oxidation sites excluding steroid dienone is 1. The summed E-state index contributed by atoms with van der Waals surface area (Å²) in [4.78, 5) is 0. The predicted molar refractivity (Wildman–Crippen MR) is 100 cm³/mol. The Labute approximate surface area is 145 Å². The molecule has 0 saturated carbocycles. The molecule has 0 spiro atoms. The second-order valence-corrected chi connectivity index (χ2v) is 6.46. The summed E-state index contributed by atoms with van der Waals surface area (Å²) in [5.41, 5.74) is 4.11. The predicted octanol–water partition coefficient (Wildman–Crippen LogP) is 5.25. The smallest absolute Gasteiger partial charge is 0.120 e. The van der Waals surface area contributed by atoms with Crippen LogP contribution in [0.5, 0.6) is 5.75 Å². The molecule has 0 fully saturated rings. The number of nitrogens with one attached hydrogen (secondary N) is 1. The van der Waals surface area contributed by atoms with Crippen molar-refractivity contribution < 1.29 is 4.74 Å². The Hall–Kier alpha value is -2.06. The van der Waals surface area contributed by atoms with Crippen molar-refractivity contribution in [2.45, 2.75) is 45.3 Å². The lowest BCUT2D eigenvalue weighted by Gasteiger charge is -2.13. The van der Waals surface area contributed by atoms with Crippen LogP contribution in [0.15, 0.2) is 66.2 Å². The first-order valence-electron chi connectivity index (χ1n) is 9.04. The van der Waals surface area contributed by atoms with Crippen molar-refractivity contribution in [3.05, 3.63) is 77.4 Å². The molecule has 0 atom stereocenters. The van der Waals surface area contributed by atoms with Gasteiger partial charge in [0.1, 0.15) is 12.4 Å². The number of rotatable bonds is 8. The average molecular weight is 321 g/mol. The zero-order valence-corrected chi connectivity index (χ0v) is 14.3. The first-order valence-corrected chi connectivity index (χ1v) is 9.04. The molecule has 2 aromatic carbocycles. The third kappa shape index (κ3) is 5.54. The molecular formula is C22H27NO. The van der Waals surface area contributed by atoms with Crippen LogP contribution in [0.3, 0.4) is 0 Å². The van der Waals surface area contributed by atoms with Gasteiger partial charge in [0, 0.05) is 6.54 Å². The summed E-state index contributed by atoms with van der Waals surface area (Å²) in [7, 11) is 0. The Balaban J connectivity index is 1.42. The lowest BCUT2D eigenvalue weighted by molar-refractivity contribution is 0.306. The quantitative estimate of drug-likeness (QED) is 0.530. The number of hydrogen-bond donors (Lipinski definition) is 1. The SMILES string of the molecule is C1=C(CCNCc2cccc(OCc3ccccc3)c2)CCCC1. The van der Waals surface area contributed by atoms with Crippen molar-refractivity contribution in [3.8, 4) is 5.75 Å². The number of hydrogen-bond acceptors (Lipinski definition) is 2. The molecule has 1 aliphatic rings. The molecule has 2 nitrogen and oxygen atoms in total. The minimum absolute atomic E-state index is 0.617. The maximum atomic E-state index is 5.90. The summed E-state index contributed by atoms with van der Waals surface area (Å²) < 4.78 is 5.90. The molecule has 126 valence electrons. The standard InChI is InChI=1S/C22H27NO/c1-3-8-19(9-4-1)14-15-23-17-21-12-7-13-22(16-21)24-18-20-10-5-2-6-11-20/h2,5-8,10-13,16,23H,1,3-4,9,14-15,17-18H2. The van der Waals surface area contributed by atoms with Gasteiger partial charge in [0.2, 0.25) is 0 Å². The third-order valence-electron chi connectivity index (χ3n) is 4.48. The van der Waals surface area contributed by atoms with Crippen LogP contribution >= 0.6 is 0 Å². The molecule has 2 heteroatoms. The maximum Gasteiger partial charge on any atom is 0.120 e. The summed E-state index contributed by atoms with van der Waals surface area (Å²) in [5, 5.41) is 3.55. The van der Waals surface area contributed by atoms with Crippen LogP contribution in [-0.2, 0) is 13.2 Å². The van der Waals surface area contributed by atoms with Crippen molar-refractivity contribution in [1.82, 2.24) is 5.32 Å². The second-order valence-electron chi connectivity index (χ2n) is 6.46. The van der Waals surface area contributed by atoms with Gasteiger partial charge in [0.25, 0.3) is 0 Å². The van der Waals surface area contributed by atoms with Crippen molar-refractivity contribution >= 4 is 0 Å². The Morgan fingerprint density at radius 1 is 0.917 bits per heavy atom. The second kappa shape index (κ2) is 9.29. The molecule has 0 aromatic heterocycles. The monoisotopic (exact) mass is 321 g/mol. The first kappa shape index (κ1) is 16.8. The lowest BCUT2D eigenvalue weighted by Crippen LogP contribution is -2.15. The van der Waals surface area contributed by atoms with Crippen LogP contribution < -0.4 is 10.1 Å². The highest BCUT2D eigenvalue weighted by Crippen LogP contribution is 2.19. The van der Waals surface area contributed by atoms with Crippen LogP contribution in [-0.4, -0.2) is 6.54 Å². The molecule has 1 N–H and O–H groups in total. The highest BCUT2D eigenvalue weighted by atomic mass is 16.5. The molecule has 0 unspecified atom stereocenters. The van der Waals surface area contributed by atoms with Crippen molar-refractivity contribution in [1.29, 1.82) is 0 Å². The van der Waals surface area contributed by atoms with Crippen molar-refractivity contribution in [2.75, 3.05) is 6.54 Å². The van der Waals surface area contributed by atoms with Gasteiger partial charge in [-0.25, -0.2) is 0 Å². The maximum absolute atomic E-state index is 5.90. The van der Waals surface area contributed by atoms with Gasteiger partial charge >= 0.3 is 0 Å². The van der Waals surface area contributed by atoms with Crippen molar-refractivity contribution in [3.63, 3.8) is 0 Å². The molecule has 0 bridgehead atoms. The molecule has 3 rings (SSSR count). The van der Waals surface area contributed by atoms with Gasteiger partial charge in [-0.1, -0.05) is 54.1 Å². The normalized spacial score (nSPS) is 14.2. The summed E-state index contributed by atoms with van der Waals surface area (Å²) in [5.74, 6) is 0.938. The summed E-state index contributed by atoms with van der Waals surface area (Å²) in [6.45, 7) is 2.57. The molecule has 2 aromatic rings. The van der Waals surface area contributed by atoms with Gasteiger partial charge in [-0.2, -0.15) is 0 Å². The van der Waals surface area contributed by atoms with E-state index in [2.05, 4.69) is 41.7 Å². The van der Waals surface area contributed by atoms with Gasteiger partial charge in [0.05, 0.1) is 0 Å². The largest absolute Gasteiger partial charge is 0.489 e. The number of ether oxygens (including phenoxy) is 1. The zero-order chi connectivity index (χ0) is 16.5. The van der Waals surface area contributed by atoms with E-state index in [-0.39, 0.29) is 0 Å². The molecule has 1 aliphatic carbocycles. The van der Waals surface area contributed by atoms with Gasteiger partial charge in [0.15, 0.2) is 0 Å². The minimum Gasteiger partial charge on any atom is -0.489 e. The van der Waals surface area contributed by atoms with Gasteiger partial charge in [-0.15, -0.1) is 0 Å². The van der Waals surface area contributed by atoms with Gasteiger partial charge in [-0.05, 0) is 61.9 Å². The van der Waals surface area contributed by atoms with E-state index in [4.69, 9.17) is 4.74 Å². The zero-order valence-electron chi connectivity index (χ0n) is 14.3. The molecule has 0 saturated heterocycles. The Morgan fingerprint density at radius 3 is 2.62 bits per heavy atom. The van der Waals surface area contributed by atoms with E-state index >= 15 is 0 Å². The van der Waals surface area contributed by atoms with E-state index in [1.165, 1.54) is 43.2 Å². The average Bonchev–Trinajstić information content (AvgIpc) is 2.66. The fourth-order valence-corrected chi connectivity index (χ4v) is 3.10. The van der Waals surface area contributed by atoms with E-state index in [9.17, 15) is 0 Å². The van der Waals surface area contributed by atoms with Crippen molar-refractivity contribution in [2.24, 2.45) is 0 Å². The molecule has 24 heavy (non-hydrogen) atoms. The highest BCUT2D eigenvalue weighted by Gasteiger charge is 2.03. The van der Waals surface area contributed by atoms with E-state index < -0.39 is 0 Å². The van der Waals surface area contributed by atoms with Crippen LogP contribution in [0.1, 0.15) is 43.2 Å². The molecule has 0 heterocycles. The Bertz CT molecular complexity index is 648. The van der Waals surface area contributed by atoms with E-state index in [0.717, 1.165) is 18.8 Å². The minimum atomic E-state index is 0.617. The number of benzene rings is 2. The first-order chi connectivity index (χ1) is 11.9. The van der Waals surface area contributed by atoms with E-state index in [1.54, 1.807) is 5.57 Å². The summed E-state index contributed by atoms with van der Waals surface area (Å²) in [6, 6.07) is 18.7. The van der Waals surface area contributed by atoms with Crippen LogP contribution in [0.25, 0.3) is 0 Å². The van der Waals surface area contributed by atoms with E-state index in [1.807, 2.05) is 24.3 Å². The Kier molecular flexibility index (Phi) is 6.50. The molecule has 0 aliphatic heterocycles. The fraction of sp³-hybridized carbons (Fsp3) is 0.364. The van der Waals surface area contributed by atoms with Crippen LogP contribution in [0.4, 0.5) is 0 Å². The molecule has 0 radical (unpaired) electrons. The molecule has 0 amide bonds. The van der Waals surface area contributed by atoms with Crippen LogP contribution in [0.2, 0.25) is 0 Å². The summed E-state index contributed by atoms with van der Waals surface area (Å²) in [6.07, 6.45) is 8.92. The van der Waals surface area contributed by atoms with Gasteiger partial charge in [-0.3, -0.25) is 0 Å². The third-order valence-corrected chi connectivity index (χ3v) is 4.48.